The van der Waals surface area contributed by atoms with E-state index in [2.05, 4.69) is 21.2 Å². The fourth-order valence-electron chi connectivity index (χ4n) is 4.33. The van der Waals surface area contributed by atoms with Gasteiger partial charge in [-0.25, -0.2) is 0 Å². The van der Waals surface area contributed by atoms with Gasteiger partial charge in [0.15, 0.2) is 0 Å². The maximum absolute atomic E-state index is 13.5. The van der Waals surface area contributed by atoms with Crippen LogP contribution in [0.3, 0.4) is 0 Å². The summed E-state index contributed by atoms with van der Waals surface area (Å²) in [4.78, 5) is 0. The lowest BCUT2D eigenvalue weighted by Gasteiger charge is -2.46. The number of alkyl halides is 4. The highest BCUT2D eigenvalue weighted by molar-refractivity contribution is 9.09. The molecular weight excluding hydrogens is 399 g/mol. The van der Waals surface area contributed by atoms with Crippen LogP contribution in [0.5, 0.6) is 5.75 Å². The van der Waals surface area contributed by atoms with Gasteiger partial charge in [0.25, 0.3) is 0 Å². The number of ether oxygens (including phenoxy) is 1. The Balaban J connectivity index is 2.02. The fraction of sp³-hybridized carbons (Fsp3) is 0.667. The van der Waals surface area contributed by atoms with Crippen molar-refractivity contribution in [3.63, 3.8) is 0 Å². The third-order valence-electron chi connectivity index (χ3n) is 5.56. The quantitative estimate of drug-likeness (QED) is 0.719. The predicted octanol–water partition coefficient (Wildman–Crippen LogP) is 4.09. The molecule has 0 aromatic heterocycles. The molecule has 2 unspecified atom stereocenters. The highest BCUT2D eigenvalue weighted by Gasteiger charge is 2.50. The minimum absolute atomic E-state index is 0.0101. The Kier molecular flexibility index (Phi) is 5.38. The Bertz CT molecular complexity index is 617. The van der Waals surface area contributed by atoms with E-state index in [0.29, 0.717) is 17.4 Å². The van der Waals surface area contributed by atoms with Crippen LogP contribution in [-0.2, 0) is 6.18 Å². The van der Waals surface area contributed by atoms with Crippen LogP contribution in [0, 0.1) is 5.92 Å². The van der Waals surface area contributed by atoms with Crippen LogP contribution in [0.1, 0.15) is 43.2 Å². The van der Waals surface area contributed by atoms with Crippen molar-refractivity contribution in [3.8, 4) is 5.75 Å². The molecule has 1 aliphatic carbocycles. The minimum Gasteiger partial charge on any atom is -0.492 e. The zero-order chi connectivity index (χ0) is 18.2. The molecular formula is C18H23BrF3NO2. The van der Waals surface area contributed by atoms with E-state index in [0.717, 1.165) is 25.3 Å². The SMILES string of the molecule is C[C@@]1(O)C2CCC[C@@H](NC2)C1c1ccc(OCCBr)c(C(F)(F)F)c1. The van der Waals surface area contributed by atoms with E-state index in [1.54, 1.807) is 13.0 Å². The molecule has 1 saturated carbocycles. The van der Waals surface area contributed by atoms with Gasteiger partial charge in [0, 0.05) is 29.8 Å². The summed E-state index contributed by atoms with van der Waals surface area (Å²) in [7, 11) is 0. The largest absolute Gasteiger partial charge is 0.492 e. The van der Waals surface area contributed by atoms with Gasteiger partial charge in [-0.3, -0.25) is 0 Å². The van der Waals surface area contributed by atoms with E-state index in [4.69, 9.17) is 4.74 Å². The molecule has 3 aliphatic rings. The topological polar surface area (TPSA) is 41.5 Å². The van der Waals surface area contributed by atoms with Gasteiger partial charge in [0.1, 0.15) is 5.75 Å². The summed E-state index contributed by atoms with van der Waals surface area (Å²) in [5, 5.41) is 15.0. The Morgan fingerprint density at radius 1 is 1.36 bits per heavy atom. The Hall–Kier alpha value is -0.790. The van der Waals surface area contributed by atoms with Gasteiger partial charge in [-0.1, -0.05) is 28.4 Å². The average molecular weight is 422 g/mol. The molecule has 2 aliphatic heterocycles. The van der Waals surface area contributed by atoms with E-state index >= 15 is 0 Å². The summed E-state index contributed by atoms with van der Waals surface area (Å²) >= 11 is 3.16. The van der Waals surface area contributed by atoms with Gasteiger partial charge in [-0.2, -0.15) is 13.2 Å². The number of fused-ring (bicyclic) bond motifs is 4. The van der Waals surface area contributed by atoms with Crippen molar-refractivity contribution in [2.75, 3.05) is 18.5 Å². The molecule has 3 fully saturated rings. The summed E-state index contributed by atoms with van der Waals surface area (Å²) in [6.07, 6.45) is -1.76. The molecule has 2 heterocycles. The second-order valence-corrected chi connectivity index (χ2v) is 7.93. The fourth-order valence-corrected chi connectivity index (χ4v) is 4.50. The van der Waals surface area contributed by atoms with Gasteiger partial charge < -0.3 is 15.2 Å². The van der Waals surface area contributed by atoms with Gasteiger partial charge in [-0.15, -0.1) is 0 Å². The maximum Gasteiger partial charge on any atom is 0.419 e. The Morgan fingerprint density at radius 3 is 2.80 bits per heavy atom. The number of hydrogen-bond donors (Lipinski definition) is 2. The predicted molar refractivity (Wildman–Crippen MR) is 93.2 cm³/mol. The molecule has 2 N–H and O–H groups in total. The van der Waals surface area contributed by atoms with Crippen LogP contribution in [-0.4, -0.2) is 35.2 Å². The summed E-state index contributed by atoms with van der Waals surface area (Å²) in [5.74, 6) is -0.475. The molecule has 2 bridgehead atoms. The summed E-state index contributed by atoms with van der Waals surface area (Å²) in [6.45, 7) is 2.65. The highest BCUT2D eigenvalue weighted by Crippen LogP contribution is 2.47. The molecule has 4 rings (SSSR count). The molecule has 4 atom stereocenters. The zero-order valence-corrected chi connectivity index (χ0v) is 15.7. The third-order valence-corrected chi connectivity index (χ3v) is 5.88. The van der Waals surface area contributed by atoms with Crippen molar-refractivity contribution in [1.29, 1.82) is 0 Å². The van der Waals surface area contributed by atoms with Crippen molar-refractivity contribution < 1.29 is 23.0 Å². The van der Waals surface area contributed by atoms with Gasteiger partial charge in [-0.05, 0) is 37.5 Å². The van der Waals surface area contributed by atoms with E-state index in [-0.39, 0.29) is 30.2 Å². The molecule has 1 aromatic rings. The summed E-state index contributed by atoms with van der Waals surface area (Å²) in [6, 6.07) is 4.20. The van der Waals surface area contributed by atoms with Crippen LogP contribution in [0.25, 0.3) is 0 Å². The van der Waals surface area contributed by atoms with Gasteiger partial charge >= 0.3 is 6.18 Å². The molecule has 2 saturated heterocycles. The van der Waals surface area contributed by atoms with Crippen LogP contribution in [0.4, 0.5) is 13.2 Å². The Labute approximate surface area is 154 Å². The van der Waals surface area contributed by atoms with Crippen LogP contribution in [0.2, 0.25) is 0 Å². The number of aliphatic hydroxyl groups is 1. The first-order chi connectivity index (χ1) is 11.7. The standard InChI is InChI=1S/C18H23BrF3NO2/c1-17(24)12-3-2-4-14(23-10-12)16(17)11-5-6-15(25-8-7-19)13(9-11)18(20,21)22/h5-6,9,12,14,16,23-24H,2-4,7-8,10H2,1H3/t12?,14-,16?,17-/m1/s1. The third kappa shape index (κ3) is 3.69. The summed E-state index contributed by atoms with van der Waals surface area (Å²) < 4.78 is 45.8. The van der Waals surface area contributed by atoms with E-state index in [1.165, 1.54) is 6.07 Å². The van der Waals surface area contributed by atoms with E-state index in [9.17, 15) is 18.3 Å². The first-order valence-electron chi connectivity index (χ1n) is 8.60. The van der Waals surface area contributed by atoms with Crippen molar-refractivity contribution in [2.24, 2.45) is 5.92 Å². The summed E-state index contributed by atoms with van der Waals surface area (Å²) in [5.41, 5.74) is -1.28. The number of hydrogen-bond acceptors (Lipinski definition) is 3. The molecule has 1 aromatic carbocycles. The molecule has 25 heavy (non-hydrogen) atoms. The molecule has 0 radical (unpaired) electrons. The minimum atomic E-state index is -4.50. The smallest absolute Gasteiger partial charge is 0.419 e. The molecule has 0 amide bonds. The van der Waals surface area contributed by atoms with Crippen LogP contribution < -0.4 is 10.1 Å². The van der Waals surface area contributed by atoms with Crippen molar-refractivity contribution >= 4 is 15.9 Å². The number of nitrogens with one attached hydrogen (secondary N) is 1. The van der Waals surface area contributed by atoms with E-state index < -0.39 is 17.3 Å². The molecule has 140 valence electrons. The average Bonchev–Trinajstić information content (AvgIpc) is 2.84. The highest BCUT2D eigenvalue weighted by atomic mass is 79.9. The first-order valence-corrected chi connectivity index (χ1v) is 9.73. The lowest BCUT2D eigenvalue weighted by Crippen LogP contribution is -2.57. The monoisotopic (exact) mass is 421 g/mol. The normalized spacial score (nSPS) is 32.5. The first kappa shape index (κ1) is 19.0. The zero-order valence-electron chi connectivity index (χ0n) is 14.1. The number of halogens is 4. The second kappa shape index (κ2) is 7.08. The number of benzene rings is 1. The van der Waals surface area contributed by atoms with Crippen LogP contribution in [0.15, 0.2) is 18.2 Å². The van der Waals surface area contributed by atoms with Crippen molar-refractivity contribution in [3.05, 3.63) is 29.3 Å². The van der Waals surface area contributed by atoms with Crippen molar-refractivity contribution in [1.82, 2.24) is 5.32 Å². The van der Waals surface area contributed by atoms with Gasteiger partial charge in [0.05, 0.1) is 17.8 Å². The van der Waals surface area contributed by atoms with Crippen LogP contribution >= 0.6 is 15.9 Å². The molecule has 7 heteroatoms. The van der Waals surface area contributed by atoms with Crippen molar-refractivity contribution in [2.45, 2.75) is 49.9 Å². The number of piperidine rings is 1. The van der Waals surface area contributed by atoms with E-state index in [1.807, 2.05) is 0 Å². The molecule has 0 spiro atoms. The maximum atomic E-state index is 13.5. The Morgan fingerprint density at radius 2 is 2.12 bits per heavy atom. The van der Waals surface area contributed by atoms with Gasteiger partial charge in [0.2, 0.25) is 0 Å². The lowest BCUT2D eigenvalue weighted by atomic mass is 9.69. The molecule has 3 nitrogen and oxygen atoms in total. The second-order valence-electron chi connectivity index (χ2n) is 7.14. The lowest BCUT2D eigenvalue weighted by molar-refractivity contribution is -0.139. The number of rotatable bonds is 4.